The first kappa shape index (κ1) is 19.2. The van der Waals surface area contributed by atoms with E-state index in [2.05, 4.69) is 15.6 Å². The molecule has 3 aromatic rings. The highest BCUT2D eigenvalue weighted by atomic mass is 16.2. The van der Waals surface area contributed by atoms with Gasteiger partial charge in [-0.15, -0.1) is 0 Å². The summed E-state index contributed by atoms with van der Waals surface area (Å²) in [7, 11) is 0. The van der Waals surface area contributed by atoms with E-state index in [1.54, 1.807) is 10.6 Å². The quantitative estimate of drug-likeness (QED) is 0.627. The van der Waals surface area contributed by atoms with Crippen LogP contribution in [-0.4, -0.2) is 26.0 Å². The Hall–Kier alpha value is -3.09. The molecule has 1 amide bonds. The minimum atomic E-state index is -0.250. The fraction of sp³-hybridized carbons (Fsp3) is 0.409. The average molecular weight is 393 g/mol. The first-order valence-electron chi connectivity index (χ1n) is 9.94. The molecule has 0 radical (unpaired) electrons. The maximum absolute atomic E-state index is 13.3. The van der Waals surface area contributed by atoms with E-state index in [9.17, 15) is 9.59 Å². The van der Waals surface area contributed by atoms with Crippen molar-refractivity contribution in [3.05, 3.63) is 45.9 Å². The lowest BCUT2D eigenvalue weighted by molar-refractivity contribution is 0.0958. The van der Waals surface area contributed by atoms with Crippen molar-refractivity contribution in [2.45, 2.75) is 59.2 Å². The molecule has 2 aromatic heterocycles. The Morgan fingerprint density at radius 3 is 2.52 bits per heavy atom. The lowest BCUT2D eigenvalue weighted by atomic mass is 10.1. The summed E-state index contributed by atoms with van der Waals surface area (Å²) in [6.07, 6.45) is 0. The van der Waals surface area contributed by atoms with Crippen molar-refractivity contribution in [2.75, 3.05) is 5.32 Å². The van der Waals surface area contributed by atoms with Gasteiger partial charge in [0.05, 0.1) is 28.2 Å². The fourth-order valence-electron chi connectivity index (χ4n) is 3.83. The Kier molecular flexibility index (Phi) is 4.29. The first-order valence-corrected chi connectivity index (χ1v) is 9.94. The number of nitrogens with zero attached hydrogens (tertiary/aromatic N) is 2. The Bertz CT molecular complexity index is 1180. The number of rotatable bonds is 3. The summed E-state index contributed by atoms with van der Waals surface area (Å²) in [5.74, 6) is 0.461. The minimum Gasteiger partial charge on any atom is -0.356 e. The molecular weight excluding hydrogens is 366 g/mol. The van der Waals surface area contributed by atoms with Crippen molar-refractivity contribution in [3.63, 3.8) is 0 Å². The summed E-state index contributed by atoms with van der Waals surface area (Å²) in [6.45, 7) is 12.0. The van der Waals surface area contributed by atoms with E-state index >= 15 is 0 Å². The van der Waals surface area contributed by atoms with Crippen LogP contribution in [0.1, 0.15) is 69.7 Å². The van der Waals surface area contributed by atoms with Gasteiger partial charge in [0.1, 0.15) is 0 Å². The predicted octanol–water partition coefficient (Wildman–Crippen LogP) is 3.99. The number of aromatic amines is 1. The number of fused-ring (bicyclic) bond motifs is 2. The Labute approximate surface area is 169 Å². The summed E-state index contributed by atoms with van der Waals surface area (Å²) in [4.78, 5) is 33.7. The highest BCUT2D eigenvalue weighted by Crippen LogP contribution is 2.33. The van der Waals surface area contributed by atoms with Crippen LogP contribution in [0.15, 0.2) is 29.1 Å². The maximum Gasteiger partial charge on any atom is 0.263 e. The number of carbonyl (C=O) groups is 1. The van der Waals surface area contributed by atoms with Crippen LogP contribution in [0.4, 0.5) is 5.95 Å². The van der Waals surface area contributed by atoms with Crippen molar-refractivity contribution < 1.29 is 4.79 Å². The van der Waals surface area contributed by atoms with Gasteiger partial charge in [-0.2, -0.15) is 0 Å². The average Bonchev–Trinajstić information content (AvgIpc) is 3.14. The lowest BCUT2D eigenvalue weighted by Gasteiger charge is -2.25. The molecule has 152 valence electrons. The van der Waals surface area contributed by atoms with E-state index in [0.717, 1.165) is 17.0 Å². The van der Waals surface area contributed by atoms with Crippen LogP contribution in [0.25, 0.3) is 22.2 Å². The molecule has 0 spiro atoms. The molecule has 0 bridgehead atoms. The monoisotopic (exact) mass is 393 g/mol. The predicted molar refractivity (Wildman–Crippen MR) is 115 cm³/mol. The Morgan fingerprint density at radius 1 is 1.17 bits per heavy atom. The van der Waals surface area contributed by atoms with Gasteiger partial charge in [-0.1, -0.05) is 12.1 Å². The standard InChI is InChI=1S/C22H27N5O2/c1-11(2)27-20(29)14-9-7-8-13(18(14)25-21(27)26-22(4,5)6)16-10-15-17(24-16)12(3)23-19(15)28/h7-12,24H,1-6H3,(H,23,28)(H,25,26)/t12-/m1/s1. The summed E-state index contributed by atoms with van der Waals surface area (Å²) in [5.41, 5.74) is 3.40. The molecule has 3 N–H and O–H groups in total. The Morgan fingerprint density at radius 2 is 1.90 bits per heavy atom. The van der Waals surface area contributed by atoms with Gasteiger partial charge in [0.25, 0.3) is 11.5 Å². The number of carbonyl (C=O) groups excluding carboxylic acids is 1. The number of anilines is 1. The molecule has 4 rings (SSSR count). The van der Waals surface area contributed by atoms with E-state index in [1.165, 1.54) is 0 Å². The summed E-state index contributed by atoms with van der Waals surface area (Å²) in [6, 6.07) is 7.34. The third-order valence-electron chi connectivity index (χ3n) is 5.10. The maximum atomic E-state index is 13.3. The Balaban J connectivity index is 1.98. The number of H-pyrrole nitrogens is 1. The van der Waals surface area contributed by atoms with Gasteiger partial charge in [-0.05, 0) is 53.7 Å². The van der Waals surface area contributed by atoms with Crippen molar-refractivity contribution in [1.82, 2.24) is 19.9 Å². The van der Waals surface area contributed by atoms with Crippen LogP contribution in [0.5, 0.6) is 0 Å². The first-order chi connectivity index (χ1) is 13.6. The summed E-state index contributed by atoms with van der Waals surface area (Å²) in [5, 5.41) is 6.82. The molecule has 1 aliphatic heterocycles. The molecule has 1 aliphatic rings. The topological polar surface area (TPSA) is 91.8 Å². The largest absolute Gasteiger partial charge is 0.356 e. The van der Waals surface area contributed by atoms with Gasteiger partial charge in [0.15, 0.2) is 0 Å². The van der Waals surface area contributed by atoms with Crippen LogP contribution < -0.4 is 16.2 Å². The molecule has 1 atom stereocenters. The van der Waals surface area contributed by atoms with Gasteiger partial charge < -0.3 is 15.6 Å². The van der Waals surface area contributed by atoms with Crippen LogP contribution in [0, 0.1) is 0 Å². The molecule has 7 heteroatoms. The second-order valence-electron chi connectivity index (χ2n) is 8.99. The highest BCUT2D eigenvalue weighted by molar-refractivity contribution is 6.01. The molecule has 0 fully saturated rings. The molecule has 0 aliphatic carbocycles. The van der Waals surface area contributed by atoms with Crippen LogP contribution in [-0.2, 0) is 0 Å². The van der Waals surface area contributed by atoms with Crippen LogP contribution >= 0.6 is 0 Å². The zero-order chi connectivity index (χ0) is 21.1. The lowest BCUT2D eigenvalue weighted by Crippen LogP contribution is -2.34. The summed E-state index contributed by atoms with van der Waals surface area (Å²) >= 11 is 0. The number of amides is 1. The molecule has 3 heterocycles. The van der Waals surface area contributed by atoms with Gasteiger partial charge in [-0.25, -0.2) is 4.98 Å². The number of benzene rings is 1. The van der Waals surface area contributed by atoms with E-state index in [-0.39, 0.29) is 29.1 Å². The number of hydrogen-bond donors (Lipinski definition) is 3. The minimum absolute atomic E-state index is 0.0354. The number of para-hydroxylation sites is 1. The van der Waals surface area contributed by atoms with E-state index in [4.69, 9.17) is 4.98 Å². The summed E-state index contributed by atoms with van der Waals surface area (Å²) < 4.78 is 1.70. The van der Waals surface area contributed by atoms with Gasteiger partial charge in [-0.3, -0.25) is 14.2 Å². The third kappa shape index (κ3) is 3.20. The molecular formula is C22H27N5O2. The van der Waals surface area contributed by atoms with Crippen LogP contribution in [0.2, 0.25) is 0 Å². The zero-order valence-corrected chi connectivity index (χ0v) is 17.7. The fourth-order valence-corrected chi connectivity index (χ4v) is 3.83. The number of nitrogens with one attached hydrogen (secondary N) is 3. The zero-order valence-electron chi connectivity index (χ0n) is 17.7. The molecule has 7 nitrogen and oxygen atoms in total. The van der Waals surface area contributed by atoms with Gasteiger partial charge in [0.2, 0.25) is 5.95 Å². The van der Waals surface area contributed by atoms with Gasteiger partial charge >= 0.3 is 0 Å². The van der Waals surface area contributed by atoms with Crippen LogP contribution in [0.3, 0.4) is 0 Å². The van der Waals surface area contributed by atoms with Gasteiger partial charge in [0, 0.05) is 22.8 Å². The molecule has 0 saturated carbocycles. The van der Waals surface area contributed by atoms with Crippen molar-refractivity contribution in [1.29, 1.82) is 0 Å². The van der Waals surface area contributed by atoms with Crippen molar-refractivity contribution in [3.8, 4) is 11.3 Å². The molecule has 0 unspecified atom stereocenters. The third-order valence-corrected chi connectivity index (χ3v) is 5.10. The smallest absolute Gasteiger partial charge is 0.263 e. The normalized spacial score (nSPS) is 16.4. The molecule has 1 aromatic carbocycles. The van der Waals surface area contributed by atoms with Crippen molar-refractivity contribution in [2.24, 2.45) is 0 Å². The second kappa shape index (κ2) is 6.47. The second-order valence-corrected chi connectivity index (χ2v) is 8.99. The van der Waals surface area contributed by atoms with Crippen molar-refractivity contribution >= 4 is 22.8 Å². The SMILES string of the molecule is CC(C)n1c(NC(C)(C)C)nc2c(-c3cc4c([nH]3)[C@@H](C)NC4=O)cccc2c1=O. The molecule has 0 saturated heterocycles. The van der Waals surface area contributed by atoms with E-state index in [0.29, 0.717) is 22.4 Å². The molecule has 29 heavy (non-hydrogen) atoms. The van der Waals surface area contributed by atoms with E-state index in [1.807, 2.05) is 59.7 Å². The number of aromatic nitrogens is 3. The number of hydrogen-bond acceptors (Lipinski definition) is 4. The highest BCUT2D eigenvalue weighted by Gasteiger charge is 2.29. The van der Waals surface area contributed by atoms with E-state index < -0.39 is 0 Å².